The SMILES string of the molecule is CCNCCNS(=O)(=O)c1ccc(Cl)s1. The third kappa shape index (κ3) is 4.08. The lowest BCUT2D eigenvalue weighted by atomic mass is 10.6. The molecule has 0 aliphatic heterocycles. The van der Waals surface area contributed by atoms with Crippen molar-refractivity contribution in [3.05, 3.63) is 16.5 Å². The van der Waals surface area contributed by atoms with Crippen LogP contribution < -0.4 is 10.0 Å². The number of hydrogen-bond donors (Lipinski definition) is 2. The second-order valence-corrected chi connectivity index (χ2v) is 6.52. The topological polar surface area (TPSA) is 58.2 Å². The van der Waals surface area contributed by atoms with Crippen molar-refractivity contribution in [1.82, 2.24) is 10.0 Å². The fourth-order valence-corrected chi connectivity index (χ4v) is 3.52. The van der Waals surface area contributed by atoms with Crippen LogP contribution in [0.3, 0.4) is 0 Å². The largest absolute Gasteiger partial charge is 0.316 e. The van der Waals surface area contributed by atoms with Gasteiger partial charge in [0, 0.05) is 13.1 Å². The zero-order valence-corrected chi connectivity index (χ0v) is 10.7. The highest BCUT2D eigenvalue weighted by molar-refractivity contribution is 7.91. The van der Waals surface area contributed by atoms with Crippen LogP contribution in [0.2, 0.25) is 4.34 Å². The normalized spacial score (nSPS) is 11.9. The van der Waals surface area contributed by atoms with Gasteiger partial charge in [-0.1, -0.05) is 18.5 Å². The summed E-state index contributed by atoms with van der Waals surface area (Å²) in [6.07, 6.45) is 0. The van der Waals surface area contributed by atoms with Gasteiger partial charge in [0.15, 0.2) is 0 Å². The van der Waals surface area contributed by atoms with Crippen LogP contribution in [0.25, 0.3) is 0 Å². The first-order valence-corrected chi connectivity index (χ1v) is 7.19. The molecule has 0 aliphatic rings. The molecular weight excluding hydrogens is 256 g/mol. The van der Waals surface area contributed by atoms with E-state index in [1.54, 1.807) is 6.07 Å². The van der Waals surface area contributed by atoms with Crippen LogP contribution in [-0.2, 0) is 10.0 Å². The third-order valence-electron chi connectivity index (χ3n) is 1.66. The third-order valence-corrected chi connectivity index (χ3v) is 4.84. The summed E-state index contributed by atoms with van der Waals surface area (Å²) >= 11 is 6.72. The molecule has 0 amide bonds. The van der Waals surface area contributed by atoms with Crippen LogP contribution in [0.5, 0.6) is 0 Å². The molecule has 0 saturated heterocycles. The van der Waals surface area contributed by atoms with Crippen molar-refractivity contribution in [3.63, 3.8) is 0 Å². The summed E-state index contributed by atoms with van der Waals surface area (Å²) in [7, 11) is -3.38. The molecule has 1 rings (SSSR count). The van der Waals surface area contributed by atoms with Crippen molar-refractivity contribution < 1.29 is 8.42 Å². The van der Waals surface area contributed by atoms with Crippen LogP contribution in [0, 0.1) is 0 Å². The molecule has 0 saturated carbocycles. The maximum Gasteiger partial charge on any atom is 0.250 e. The van der Waals surface area contributed by atoms with Crippen molar-refractivity contribution in [2.45, 2.75) is 11.1 Å². The van der Waals surface area contributed by atoms with Gasteiger partial charge in [0.05, 0.1) is 4.34 Å². The average Bonchev–Trinajstić information content (AvgIpc) is 2.60. The van der Waals surface area contributed by atoms with Crippen LogP contribution in [0.4, 0.5) is 0 Å². The first kappa shape index (κ1) is 12.9. The van der Waals surface area contributed by atoms with E-state index in [4.69, 9.17) is 11.6 Å². The Morgan fingerprint density at radius 2 is 2.13 bits per heavy atom. The fourth-order valence-electron chi connectivity index (χ4n) is 0.964. The van der Waals surface area contributed by atoms with E-state index in [1.165, 1.54) is 6.07 Å². The van der Waals surface area contributed by atoms with Gasteiger partial charge in [0.25, 0.3) is 0 Å². The van der Waals surface area contributed by atoms with Crippen molar-refractivity contribution >= 4 is 33.0 Å². The zero-order chi connectivity index (χ0) is 11.3. The molecule has 7 heteroatoms. The van der Waals surface area contributed by atoms with Crippen LogP contribution >= 0.6 is 22.9 Å². The minimum atomic E-state index is -3.38. The Balaban J connectivity index is 2.53. The Hall–Kier alpha value is -0.140. The van der Waals surface area contributed by atoms with Gasteiger partial charge in [-0.15, -0.1) is 11.3 Å². The highest BCUT2D eigenvalue weighted by Gasteiger charge is 2.15. The van der Waals surface area contributed by atoms with Gasteiger partial charge >= 0.3 is 0 Å². The van der Waals surface area contributed by atoms with E-state index in [1.807, 2.05) is 6.92 Å². The number of thiophene rings is 1. The Labute approximate surface area is 98.7 Å². The second-order valence-electron chi connectivity index (χ2n) is 2.81. The minimum absolute atomic E-state index is 0.254. The Morgan fingerprint density at radius 1 is 1.40 bits per heavy atom. The number of halogens is 1. The number of hydrogen-bond acceptors (Lipinski definition) is 4. The highest BCUT2D eigenvalue weighted by atomic mass is 35.5. The Bertz CT molecular complexity index is 403. The number of sulfonamides is 1. The summed E-state index contributed by atoms with van der Waals surface area (Å²) in [6, 6.07) is 3.08. The summed E-state index contributed by atoms with van der Waals surface area (Å²) in [5, 5.41) is 3.03. The summed E-state index contributed by atoms with van der Waals surface area (Å²) in [5.74, 6) is 0. The average molecular weight is 269 g/mol. The molecule has 4 nitrogen and oxygen atoms in total. The highest BCUT2D eigenvalue weighted by Crippen LogP contribution is 2.24. The van der Waals surface area contributed by atoms with E-state index in [9.17, 15) is 8.42 Å². The molecule has 0 unspecified atom stereocenters. The molecule has 1 aromatic rings. The van der Waals surface area contributed by atoms with Crippen molar-refractivity contribution in [2.75, 3.05) is 19.6 Å². The smallest absolute Gasteiger partial charge is 0.250 e. The monoisotopic (exact) mass is 268 g/mol. The van der Waals surface area contributed by atoms with Crippen LogP contribution in [0.15, 0.2) is 16.3 Å². The summed E-state index contributed by atoms with van der Waals surface area (Å²) < 4.78 is 26.5. The van der Waals surface area contributed by atoms with E-state index >= 15 is 0 Å². The number of likely N-dealkylation sites (N-methyl/N-ethyl adjacent to an activating group) is 1. The molecule has 86 valence electrons. The molecule has 1 aromatic heterocycles. The van der Waals surface area contributed by atoms with E-state index < -0.39 is 10.0 Å². The molecule has 0 fully saturated rings. The minimum Gasteiger partial charge on any atom is -0.316 e. The van der Waals surface area contributed by atoms with Crippen LogP contribution in [0.1, 0.15) is 6.92 Å². The lowest BCUT2D eigenvalue weighted by Crippen LogP contribution is -2.31. The predicted octanol–water partition coefficient (Wildman–Crippen LogP) is 1.29. The van der Waals surface area contributed by atoms with Gasteiger partial charge in [-0.3, -0.25) is 0 Å². The molecule has 2 N–H and O–H groups in total. The molecule has 0 aliphatic carbocycles. The van der Waals surface area contributed by atoms with Gasteiger partial charge in [-0.2, -0.15) is 0 Å². The Kier molecular flexibility index (Phi) is 5.01. The summed E-state index contributed by atoms with van der Waals surface area (Å²) in [6.45, 7) is 3.79. The first-order valence-electron chi connectivity index (χ1n) is 4.52. The fraction of sp³-hybridized carbons (Fsp3) is 0.500. The maximum atomic E-state index is 11.6. The lowest BCUT2D eigenvalue weighted by molar-refractivity contribution is 0.579. The van der Waals surface area contributed by atoms with E-state index in [-0.39, 0.29) is 4.21 Å². The zero-order valence-electron chi connectivity index (χ0n) is 8.29. The van der Waals surface area contributed by atoms with E-state index in [2.05, 4.69) is 10.0 Å². The molecule has 0 radical (unpaired) electrons. The van der Waals surface area contributed by atoms with Crippen LogP contribution in [-0.4, -0.2) is 28.1 Å². The molecule has 1 heterocycles. The van der Waals surface area contributed by atoms with Gasteiger partial charge in [0.1, 0.15) is 4.21 Å². The lowest BCUT2D eigenvalue weighted by Gasteiger charge is -2.04. The first-order chi connectivity index (χ1) is 7.06. The molecule has 0 atom stereocenters. The van der Waals surface area contributed by atoms with Gasteiger partial charge in [0.2, 0.25) is 10.0 Å². The summed E-state index contributed by atoms with van der Waals surface area (Å²) in [4.78, 5) is 0. The Morgan fingerprint density at radius 3 is 2.67 bits per heavy atom. The van der Waals surface area contributed by atoms with Gasteiger partial charge in [-0.25, -0.2) is 13.1 Å². The van der Waals surface area contributed by atoms with Crippen molar-refractivity contribution in [1.29, 1.82) is 0 Å². The molecule has 15 heavy (non-hydrogen) atoms. The van der Waals surface area contributed by atoms with E-state index in [0.717, 1.165) is 17.9 Å². The predicted molar refractivity (Wildman–Crippen MR) is 63.1 cm³/mol. The van der Waals surface area contributed by atoms with Crippen molar-refractivity contribution in [2.24, 2.45) is 0 Å². The molecule has 0 spiro atoms. The van der Waals surface area contributed by atoms with Gasteiger partial charge in [-0.05, 0) is 18.7 Å². The molecular formula is C8H13ClN2O2S2. The molecule has 0 bridgehead atoms. The second kappa shape index (κ2) is 5.81. The van der Waals surface area contributed by atoms with Crippen molar-refractivity contribution in [3.8, 4) is 0 Å². The summed E-state index contributed by atoms with van der Waals surface area (Å²) in [5.41, 5.74) is 0. The van der Waals surface area contributed by atoms with Gasteiger partial charge < -0.3 is 5.32 Å². The standard InChI is InChI=1S/C8H13ClN2O2S2/c1-2-10-5-6-11-15(12,13)8-4-3-7(9)14-8/h3-4,10-11H,2,5-6H2,1H3. The quantitative estimate of drug-likeness (QED) is 0.765. The number of nitrogens with one attached hydrogen (secondary N) is 2. The maximum absolute atomic E-state index is 11.6. The molecule has 0 aromatic carbocycles. The number of rotatable bonds is 6. The van der Waals surface area contributed by atoms with E-state index in [0.29, 0.717) is 17.4 Å².